The van der Waals surface area contributed by atoms with Crippen molar-refractivity contribution >= 4 is 29.7 Å². The SMILES string of the molecule is CC(C)CC(NC(=O)C(CC(=O)O)NC(=O)C(Cc1ccc(O)cc1)NC(=O)CN)C(=O)O. The van der Waals surface area contributed by atoms with Gasteiger partial charge in [0, 0.05) is 6.42 Å². The molecule has 0 aliphatic heterocycles. The monoisotopic (exact) mass is 466 g/mol. The molecular weight excluding hydrogens is 436 g/mol. The lowest BCUT2D eigenvalue weighted by Gasteiger charge is -2.24. The van der Waals surface area contributed by atoms with Crippen molar-refractivity contribution in [3.8, 4) is 5.75 Å². The first-order chi connectivity index (χ1) is 15.4. The third-order valence-corrected chi connectivity index (χ3v) is 4.55. The summed E-state index contributed by atoms with van der Waals surface area (Å²) in [4.78, 5) is 60.0. The number of phenolic OH excluding ortho intramolecular Hbond substituents is 1. The van der Waals surface area contributed by atoms with Crippen LogP contribution in [0, 0.1) is 5.92 Å². The molecular formula is C21H30N4O8. The Hall–Kier alpha value is -3.67. The summed E-state index contributed by atoms with van der Waals surface area (Å²) in [5.41, 5.74) is 5.86. The number of benzene rings is 1. The first-order valence-electron chi connectivity index (χ1n) is 10.3. The zero-order valence-corrected chi connectivity index (χ0v) is 18.4. The predicted molar refractivity (Wildman–Crippen MR) is 116 cm³/mol. The molecule has 1 aromatic carbocycles. The molecule has 8 N–H and O–H groups in total. The van der Waals surface area contributed by atoms with Gasteiger partial charge in [-0.25, -0.2) is 4.79 Å². The van der Waals surface area contributed by atoms with Crippen LogP contribution in [0.2, 0.25) is 0 Å². The Bertz CT molecular complexity index is 856. The van der Waals surface area contributed by atoms with Gasteiger partial charge in [-0.3, -0.25) is 19.2 Å². The Morgan fingerprint density at radius 3 is 1.91 bits per heavy atom. The molecule has 182 valence electrons. The number of rotatable bonds is 13. The van der Waals surface area contributed by atoms with E-state index in [1.165, 1.54) is 24.3 Å². The maximum atomic E-state index is 12.9. The quantitative estimate of drug-likeness (QED) is 0.189. The van der Waals surface area contributed by atoms with Crippen LogP contribution in [0.15, 0.2) is 24.3 Å². The molecule has 3 atom stereocenters. The summed E-state index contributed by atoms with van der Waals surface area (Å²) in [6, 6.07) is 1.76. The van der Waals surface area contributed by atoms with Crippen molar-refractivity contribution < 1.29 is 39.3 Å². The Kier molecular flexibility index (Phi) is 10.8. The fraction of sp³-hybridized carbons (Fsp3) is 0.476. The zero-order chi connectivity index (χ0) is 25.1. The number of aliphatic carboxylic acids is 2. The van der Waals surface area contributed by atoms with Crippen LogP contribution in [0.1, 0.15) is 32.3 Å². The maximum Gasteiger partial charge on any atom is 0.326 e. The maximum absolute atomic E-state index is 12.9. The minimum Gasteiger partial charge on any atom is -0.508 e. The second-order valence-electron chi connectivity index (χ2n) is 7.88. The topological polar surface area (TPSA) is 208 Å². The Morgan fingerprint density at radius 1 is 0.879 bits per heavy atom. The molecule has 0 fully saturated rings. The van der Waals surface area contributed by atoms with Crippen LogP contribution in [0.4, 0.5) is 0 Å². The van der Waals surface area contributed by atoms with Gasteiger partial charge in [0.05, 0.1) is 13.0 Å². The van der Waals surface area contributed by atoms with E-state index in [0.717, 1.165) is 0 Å². The van der Waals surface area contributed by atoms with Crippen molar-refractivity contribution in [2.24, 2.45) is 11.7 Å². The number of aromatic hydroxyl groups is 1. The van der Waals surface area contributed by atoms with E-state index in [2.05, 4.69) is 16.0 Å². The number of amides is 3. The van der Waals surface area contributed by atoms with E-state index in [0.29, 0.717) is 5.56 Å². The summed E-state index contributed by atoms with van der Waals surface area (Å²) in [5, 5.41) is 34.8. The zero-order valence-electron chi connectivity index (χ0n) is 18.4. The highest BCUT2D eigenvalue weighted by Crippen LogP contribution is 2.12. The van der Waals surface area contributed by atoms with Gasteiger partial charge in [-0.2, -0.15) is 0 Å². The lowest BCUT2D eigenvalue weighted by Crippen LogP contribution is -2.57. The molecule has 0 radical (unpaired) electrons. The number of nitrogens with one attached hydrogen (secondary N) is 3. The molecule has 0 bridgehead atoms. The van der Waals surface area contributed by atoms with Crippen LogP contribution in [0.3, 0.4) is 0 Å². The molecule has 0 spiro atoms. The van der Waals surface area contributed by atoms with Crippen LogP contribution in [-0.4, -0.2) is 69.7 Å². The number of carbonyl (C=O) groups excluding carboxylic acids is 3. The van der Waals surface area contributed by atoms with Gasteiger partial charge in [-0.1, -0.05) is 26.0 Å². The fourth-order valence-corrected chi connectivity index (χ4v) is 2.95. The predicted octanol–water partition coefficient (Wildman–Crippen LogP) is -1.05. The third-order valence-electron chi connectivity index (χ3n) is 4.55. The van der Waals surface area contributed by atoms with Crippen molar-refractivity contribution in [2.75, 3.05) is 6.54 Å². The van der Waals surface area contributed by atoms with E-state index in [1.54, 1.807) is 13.8 Å². The van der Waals surface area contributed by atoms with Crippen molar-refractivity contribution in [2.45, 2.75) is 51.2 Å². The molecule has 3 amide bonds. The molecule has 12 nitrogen and oxygen atoms in total. The molecule has 0 aliphatic carbocycles. The minimum absolute atomic E-state index is 0.00155. The van der Waals surface area contributed by atoms with E-state index in [4.69, 9.17) is 10.8 Å². The third kappa shape index (κ3) is 9.99. The fourth-order valence-electron chi connectivity index (χ4n) is 2.95. The van der Waals surface area contributed by atoms with Gasteiger partial charge in [-0.05, 0) is 30.0 Å². The van der Waals surface area contributed by atoms with Gasteiger partial charge < -0.3 is 37.0 Å². The molecule has 3 unspecified atom stereocenters. The average molecular weight is 466 g/mol. The standard InChI is InChI=1S/C21H30N4O8/c1-11(2)7-16(21(32)33)25-20(31)15(9-18(28)29)24-19(30)14(23-17(27)10-22)8-12-3-5-13(26)6-4-12/h3-6,11,14-16,26H,7-10,22H2,1-2H3,(H,23,27)(H,24,30)(H,25,31)(H,28,29)(H,32,33). The molecule has 0 aromatic heterocycles. The Morgan fingerprint density at radius 2 is 1.42 bits per heavy atom. The van der Waals surface area contributed by atoms with Crippen molar-refractivity contribution in [3.05, 3.63) is 29.8 Å². The number of hydrogen-bond acceptors (Lipinski definition) is 7. The van der Waals surface area contributed by atoms with E-state index in [1.807, 2.05) is 0 Å². The number of carboxylic acid groups (broad SMARTS) is 2. The summed E-state index contributed by atoms with van der Waals surface area (Å²) >= 11 is 0. The molecule has 1 aromatic rings. The molecule has 0 saturated carbocycles. The second-order valence-corrected chi connectivity index (χ2v) is 7.88. The molecule has 12 heteroatoms. The first kappa shape index (κ1) is 27.4. The molecule has 1 rings (SSSR count). The lowest BCUT2D eigenvalue weighted by atomic mass is 10.0. The highest BCUT2D eigenvalue weighted by molar-refractivity contribution is 5.95. The van der Waals surface area contributed by atoms with Gasteiger partial charge >= 0.3 is 11.9 Å². The number of carbonyl (C=O) groups is 5. The molecule has 0 saturated heterocycles. The van der Waals surface area contributed by atoms with Crippen LogP contribution >= 0.6 is 0 Å². The average Bonchev–Trinajstić information content (AvgIpc) is 2.72. The minimum atomic E-state index is -1.58. The smallest absolute Gasteiger partial charge is 0.326 e. The van der Waals surface area contributed by atoms with Crippen LogP contribution < -0.4 is 21.7 Å². The summed E-state index contributed by atoms with van der Waals surface area (Å²) in [6.45, 7) is 3.10. The van der Waals surface area contributed by atoms with Gasteiger partial charge in [0.1, 0.15) is 23.9 Å². The lowest BCUT2D eigenvalue weighted by molar-refractivity contribution is -0.144. The van der Waals surface area contributed by atoms with Crippen molar-refractivity contribution in [3.63, 3.8) is 0 Å². The van der Waals surface area contributed by atoms with Crippen LogP contribution in [-0.2, 0) is 30.4 Å². The molecule has 33 heavy (non-hydrogen) atoms. The van der Waals surface area contributed by atoms with E-state index in [9.17, 15) is 34.2 Å². The van der Waals surface area contributed by atoms with E-state index in [-0.39, 0.29) is 24.5 Å². The van der Waals surface area contributed by atoms with Gasteiger partial charge in [0.15, 0.2) is 0 Å². The van der Waals surface area contributed by atoms with Gasteiger partial charge in [-0.15, -0.1) is 0 Å². The van der Waals surface area contributed by atoms with Crippen LogP contribution in [0.5, 0.6) is 5.75 Å². The summed E-state index contributed by atoms with van der Waals surface area (Å²) in [6.07, 6.45) is -0.739. The number of carboxylic acids is 2. The van der Waals surface area contributed by atoms with Crippen molar-refractivity contribution in [1.29, 1.82) is 0 Å². The van der Waals surface area contributed by atoms with E-state index < -0.39 is 60.8 Å². The van der Waals surface area contributed by atoms with E-state index >= 15 is 0 Å². The Balaban J connectivity index is 3.05. The highest BCUT2D eigenvalue weighted by atomic mass is 16.4. The number of phenols is 1. The van der Waals surface area contributed by atoms with Crippen LogP contribution in [0.25, 0.3) is 0 Å². The number of nitrogens with two attached hydrogens (primary N) is 1. The molecule has 0 aliphatic rings. The highest BCUT2D eigenvalue weighted by Gasteiger charge is 2.31. The normalized spacial score (nSPS) is 13.5. The first-order valence-corrected chi connectivity index (χ1v) is 10.3. The summed E-state index contributed by atoms with van der Waals surface area (Å²) in [5.74, 6) is -5.26. The second kappa shape index (κ2) is 13.0. The summed E-state index contributed by atoms with van der Waals surface area (Å²) < 4.78 is 0. The van der Waals surface area contributed by atoms with Gasteiger partial charge in [0.2, 0.25) is 17.7 Å². The van der Waals surface area contributed by atoms with Crippen molar-refractivity contribution in [1.82, 2.24) is 16.0 Å². The Labute approximate surface area is 190 Å². The number of hydrogen-bond donors (Lipinski definition) is 7. The summed E-state index contributed by atoms with van der Waals surface area (Å²) in [7, 11) is 0. The van der Waals surface area contributed by atoms with Gasteiger partial charge in [0.25, 0.3) is 0 Å². The largest absolute Gasteiger partial charge is 0.508 e. The molecule has 0 heterocycles.